The molecule has 0 unspecified atom stereocenters. The van der Waals surface area contributed by atoms with Crippen molar-refractivity contribution in [2.24, 2.45) is 0 Å². The molecule has 0 aliphatic heterocycles. The van der Waals surface area contributed by atoms with Crippen LogP contribution in [0.3, 0.4) is 0 Å². The Labute approximate surface area is 78.7 Å². The van der Waals surface area contributed by atoms with Crippen LogP contribution in [0.1, 0.15) is 10.5 Å². The molecule has 5 nitrogen and oxygen atoms in total. The zero-order chi connectivity index (χ0) is 10.1. The molecule has 2 aromatic rings. The molecular weight excluding hydrogens is 184 g/mol. The minimum Gasteiger partial charge on any atom is -0.507 e. The second-order valence-electron chi connectivity index (χ2n) is 2.70. The fourth-order valence-corrected chi connectivity index (χ4v) is 1.18. The van der Waals surface area contributed by atoms with Crippen LogP contribution in [-0.2, 0) is 0 Å². The fourth-order valence-electron chi connectivity index (χ4n) is 1.18. The number of aromatic nitrogens is 2. The zero-order valence-electron chi connectivity index (χ0n) is 7.01. The van der Waals surface area contributed by atoms with Gasteiger partial charge in [-0.15, -0.1) is 0 Å². The molecule has 0 atom stereocenters. The Balaban J connectivity index is 2.90. The van der Waals surface area contributed by atoms with Crippen LogP contribution in [0.5, 0.6) is 11.5 Å². The largest absolute Gasteiger partial charge is 0.507 e. The number of hydrogen-bond donors (Lipinski definition) is 2. The van der Waals surface area contributed by atoms with E-state index in [9.17, 15) is 15.0 Å². The Morgan fingerprint density at radius 3 is 2.79 bits per heavy atom. The van der Waals surface area contributed by atoms with Gasteiger partial charge in [-0.3, -0.25) is 9.78 Å². The molecule has 0 amide bonds. The summed E-state index contributed by atoms with van der Waals surface area (Å²) in [7, 11) is 0. The summed E-state index contributed by atoms with van der Waals surface area (Å²) in [4.78, 5) is 18.0. The number of carbonyl (C=O) groups is 1. The standard InChI is InChI=1S/C9H6N2O3/c12-4-6-9(14)8-5(3-11-6)7(13)1-2-10-8/h1-4,14H,(H,10,13). The monoisotopic (exact) mass is 190 g/mol. The first-order chi connectivity index (χ1) is 6.74. The number of aldehydes is 1. The number of pyridine rings is 2. The molecule has 5 heteroatoms. The zero-order valence-corrected chi connectivity index (χ0v) is 7.01. The third-order valence-electron chi connectivity index (χ3n) is 1.88. The summed E-state index contributed by atoms with van der Waals surface area (Å²) in [6.45, 7) is 0. The Kier molecular flexibility index (Phi) is 1.78. The van der Waals surface area contributed by atoms with Crippen LogP contribution in [0.4, 0.5) is 0 Å². The van der Waals surface area contributed by atoms with Gasteiger partial charge in [0.05, 0.1) is 5.39 Å². The van der Waals surface area contributed by atoms with Crippen molar-refractivity contribution in [3.05, 3.63) is 24.2 Å². The van der Waals surface area contributed by atoms with Gasteiger partial charge in [0.1, 0.15) is 17.0 Å². The van der Waals surface area contributed by atoms with Crippen molar-refractivity contribution in [2.45, 2.75) is 0 Å². The van der Waals surface area contributed by atoms with Crippen molar-refractivity contribution in [3.63, 3.8) is 0 Å². The lowest BCUT2D eigenvalue weighted by Crippen LogP contribution is -1.90. The molecule has 70 valence electrons. The third-order valence-corrected chi connectivity index (χ3v) is 1.88. The van der Waals surface area contributed by atoms with Crippen LogP contribution >= 0.6 is 0 Å². The van der Waals surface area contributed by atoms with E-state index in [0.717, 1.165) is 0 Å². The topological polar surface area (TPSA) is 83.3 Å². The summed E-state index contributed by atoms with van der Waals surface area (Å²) in [5.41, 5.74) is 0.0812. The van der Waals surface area contributed by atoms with Crippen LogP contribution in [0.15, 0.2) is 18.5 Å². The van der Waals surface area contributed by atoms with E-state index in [0.29, 0.717) is 11.7 Å². The van der Waals surface area contributed by atoms with Crippen molar-refractivity contribution >= 4 is 17.2 Å². The van der Waals surface area contributed by atoms with Crippen molar-refractivity contribution in [2.75, 3.05) is 0 Å². The molecule has 0 saturated heterocycles. The highest BCUT2D eigenvalue weighted by Crippen LogP contribution is 2.29. The van der Waals surface area contributed by atoms with Gasteiger partial charge in [-0.05, 0) is 6.07 Å². The number of rotatable bonds is 1. The van der Waals surface area contributed by atoms with Gasteiger partial charge in [-0.1, -0.05) is 0 Å². The van der Waals surface area contributed by atoms with Crippen LogP contribution in [0.25, 0.3) is 10.9 Å². The van der Waals surface area contributed by atoms with Gasteiger partial charge in [-0.25, -0.2) is 4.98 Å². The maximum absolute atomic E-state index is 10.4. The molecule has 0 radical (unpaired) electrons. The first-order valence-corrected chi connectivity index (χ1v) is 3.85. The smallest absolute Gasteiger partial charge is 0.172 e. The fraction of sp³-hybridized carbons (Fsp3) is 0. The van der Waals surface area contributed by atoms with E-state index in [-0.39, 0.29) is 22.7 Å². The predicted octanol–water partition coefficient (Wildman–Crippen LogP) is 0.853. The maximum Gasteiger partial charge on any atom is 0.172 e. The van der Waals surface area contributed by atoms with Gasteiger partial charge in [0.25, 0.3) is 0 Å². The van der Waals surface area contributed by atoms with Gasteiger partial charge in [0.15, 0.2) is 12.0 Å². The van der Waals surface area contributed by atoms with E-state index in [2.05, 4.69) is 9.97 Å². The van der Waals surface area contributed by atoms with Crippen LogP contribution in [-0.4, -0.2) is 26.5 Å². The molecule has 0 aliphatic carbocycles. The van der Waals surface area contributed by atoms with Crippen molar-refractivity contribution in [3.8, 4) is 11.5 Å². The second-order valence-corrected chi connectivity index (χ2v) is 2.70. The van der Waals surface area contributed by atoms with E-state index < -0.39 is 0 Å². The Morgan fingerprint density at radius 2 is 2.07 bits per heavy atom. The number of nitrogens with zero attached hydrogens (tertiary/aromatic N) is 2. The average Bonchev–Trinajstić information content (AvgIpc) is 2.20. The highest BCUT2D eigenvalue weighted by Gasteiger charge is 2.10. The molecule has 14 heavy (non-hydrogen) atoms. The Morgan fingerprint density at radius 1 is 1.29 bits per heavy atom. The van der Waals surface area contributed by atoms with Crippen LogP contribution < -0.4 is 0 Å². The summed E-state index contributed by atoms with van der Waals surface area (Å²) < 4.78 is 0. The quantitative estimate of drug-likeness (QED) is 0.651. The molecule has 2 rings (SSSR count). The summed E-state index contributed by atoms with van der Waals surface area (Å²) in [6.07, 6.45) is 3.06. The van der Waals surface area contributed by atoms with E-state index in [1.54, 1.807) is 0 Å². The molecule has 2 heterocycles. The first-order valence-electron chi connectivity index (χ1n) is 3.85. The molecule has 2 N–H and O–H groups in total. The molecule has 0 spiro atoms. The SMILES string of the molecule is O=Cc1ncc2c(O)ccnc2c1O. The highest BCUT2D eigenvalue weighted by atomic mass is 16.3. The van der Waals surface area contributed by atoms with Gasteiger partial charge in [-0.2, -0.15) is 0 Å². The normalized spacial score (nSPS) is 10.3. The number of fused-ring (bicyclic) bond motifs is 1. The molecular formula is C9H6N2O3. The first kappa shape index (κ1) is 8.43. The van der Waals surface area contributed by atoms with E-state index in [1.165, 1.54) is 18.5 Å². The lowest BCUT2D eigenvalue weighted by molar-refractivity contribution is 0.111. The summed E-state index contributed by atoms with van der Waals surface area (Å²) in [6, 6.07) is 1.38. The lowest BCUT2D eigenvalue weighted by Gasteiger charge is -2.02. The van der Waals surface area contributed by atoms with Gasteiger partial charge < -0.3 is 10.2 Å². The van der Waals surface area contributed by atoms with Crippen LogP contribution in [0.2, 0.25) is 0 Å². The second kappa shape index (κ2) is 2.95. The number of carbonyl (C=O) groups excluding carboxylic acids is 1. The Hall–Kier alpha value is -2.17. The maximum atomic E-state index is 10.4. The molecule has 0 fully saturated rings. The van der Waals surface area contributed by atoms with E-state index in [1.807, 2.05) is 0 Å². The van der Waals surface area contributed by atoms with E-state index >= 15 is 0 Å². The summed E-state index contributed by atoms with van der Waals surface area (Å²) in [5, 5.41) is 19.2. The summed E-state index contributed by atoms with van der Waals surface area (Å²) in [5.74, 6) is -0.344. The average molecular weight is 190 g/mol. The molecule has 0 aromatic carbocycles. The molecule has 2 aromatic heterocycles. The molecule has 0 aliphatic rings. The van der Waals surface area contributed by atoms with E-state index in [4.69, 9.17) is 0 Å². The Bertz CT molecular complexity index is 511. The van der Waals surface area contributed by atoms with Crippen molar-refractivity contribution < 1.29 is 15.0 Å². The molecule has 0 saturated carbocycles. The minimum atomic E-state index is -0.312. The minimum absolute atomic E-state index is 0.0322. The van der Waals surface area contributed by atoms with Crippen LogP contribution in [0, 0.1) is 0 Å². The van der Waals surface area contributed by atoms with Gasteiger partial charge in [0, 0.05) is 12.4 Å². The predicted molar refractivity (Wildman–Crippen MR) is 48.3 cm³/mol. The molecule has 0 bridgehead atoms. The third kappa shape index (κ3) is 1.06. The highest BCUT2D eigenvalue weighted by molar-refractivity contribution is 5.93. The van der Waals surface area contributed by atoms with Crippen molar-refractivity contribution in [1.82, 2.24) is 9.97 Å². The summed E-state index contributed by atoms with van der Waals surface area (Å²) >= 11 is 0. The number of hydrogen-bond acceptors (Lipinski definition) is 5. The number of aromatic hydroxyl groups is 2. The van der Waals surface area contributed by atoms with Gasteiger partial charge >= 0.3 is 0 Å². The lowest BCUT2D eigenvalue weighted by atomic mass is 10.2. The van der Waals surface area contributed by atoms with Gasteiger partial charge in [0.2, 0.25) is 0 Å². The van der Waals surface area contributed by atoms with Crippen molar-refractivity contribution in [1.29, 1.82) is 0 Å².